The van der Waals surface area contributed by atoms with Gasteiger partial charge in [-0.05, 0) is 67.0 Å². The molecule has 184 valence electrons. The Balaban J connectivity index is 1.65. The fourth-order valence-corrected chi connectivity index (χ4v) is 5.89. The van der Waals surface area contributed by atoms with Crippen LogP contribution in [0.5, 0.6) is 0 Å². The molecule has 3 heterocycles. The molecule has 2 aromatic rings. The predicted molar refractivity (Wildman–Crippen MR) is 126 cm³/mol. The first kappa shape index (κ1) is 24.6. The number of piperazine rings is 1. The zero-order valence-electron chi connectivity index (χ0n) is 19.9. The van der Waals surface area contributed by atoms with Gasteiger partial charge in [0.1, 0.15) is 0 Å². The number of carbonyl (C=O) groups is 2. The second kappa shape index (κ2) is 9.24. The first-order valence-electron chi connectivity index (χ1n) is 11.6. The zero-order chi connectivity index (χ0) is 24.8. The van der Waals surface area contributed by atoms with E-state index in [1.165, 1.54) is 11.0 Å². The van der Waals surface area contributed by atoms with Crippen LogP contribution >= 0.6 is 11.3 Å². The van der Waals surface area contributed by atoms with Crippen LogP contribution in [-0.4, -0.2) is 52.8 Å². The lowest BCUT2D eigenvalue weighted by Gasteiger charge is -2.46. The summed E-state index contributed by atoms with van der Waals surface area (Å²) in [5.41, 5.74) is 1.39. The van der Waals surface area contributed by atoms with Crippen LogP contribution in [0.2, 0.25) is 0 Å². The van der Waals surface area contributed by atoms with Gasteiger partial charge in [0.05, 0.1) is 23.7 Å². The van der Waals surface area contributed by atoms with Crippen molar-refractivity contribution in [3.63, 3.8) is 0 Å². The average molecular weight is 494 g/mol. The maximum atomic E-state index is 13.8. The van der Waals surface area contributed by atoms with E-state index in [2.05, 4.69) is 0 Å². The smallest absolute Gasteiger partial charge is 0.335 e. The molecule has 3 amide bonds. The minimum Gasteiger partial charge on any atom is -0.335 e. The number of hydrogen-bond acceptors (Lipinski definition) is 3. The van der Waals surface area contributed by atoms with Crippen LogP contribution < -0.4 is 0 Å². The Morgan fingerprint density at radius 2 is 2.00 bits per heavy atom. The highest BCUT2D eigenvalue weighted by Gasteiger charge is 2.46. The molecule has 1 aromatic heterocycles. The normalized spacial score (nSPS) is 21.6. The molecule has 5 nitrogen and oxygen atoms in total. The maximum absolute atomic E-state index is 13.8. The summed E-state index contributed by atoms with van der Waals surface area (Å²) in [7, 11) is 1.64. The van der Waals surface area contributed by atoms with Crippen molar-refractivity contribution in [2.45, 2.75) is 64.3 Å². The number of alkyl halides is 3. The number of rotatable bonds is 4. The highest BCUT2D eigenvalue weighted by atomic mass is 32.1. The fourth-order valence-electron chi connectivity index (χ4n) is 5.15. The van der Waals surface area contributed by atoms with Crippen LogP contribution in [0, 0.1) is 6.92 Å². The lowest BCUT2D eigenvalue weighted by Crippen LogP contribution is -2.57. The number of urea groups is 1. The first-order chi connectivity index (χ1) is 16.0. The Morgan fingerprint density at radius 3 is 2.62 bits per heavy atom. The van der Waals surface area contributed by atoms with Crippen molar-refractivity contribution in [1.29, 1.82) is 0 Å². The maximum Gasteiger partial charge on any atom is 0.416 e. The molecule has 2 aliphatic heterocycles. The highest BCUT2D eigenvalue weighted by Crippen LogP contribution is 2.41. The number of aryl methyl sites for hydroxylation is 2. The van der Waals surface area contributed by atoms with Gasteiger partial charge >= 0.3 is 12.2 Å². The largest absolute Gasteiger partial charge is 0.416 e. The van der Waals surface area contributed by atoms with Crippen LogP contribution in [0.25, 0.3) is 0 Å². The van der Waals surface area contributed by atoms with Gasteiger partial charge in [0.15, 0.2) is 0 Å². The lowest BCUT2D eigenvalue weighted by atomic mass is 9.94. The van der Waals surface area contributed by atoms with E-state index in [0.717, 1.165) is 16.5 Å². The van der Waals surface area contributed by atoms with Gasteiger partial charge in [-0.1, -0.05) is 13.0 Å². The van der Waals surface area contributed by atoms with Gasteiger partial charge in [0, 0.05) is 31.4 Å². The summed E-state index contributed by atoms with van der Waals surface area (Å²) in [4.78, 5) is 32.5. The molecule has 1 aromatic carbocycles. The molecule has 34 heavy (non-hydrogen) atoms. The van der Waals surface area contributed by atoms with Gasteiger partial charge < -0.3 is 14.7 Å². The number of amides is 3. The van der Waals surface area contributed by atoms with E-state index in [9.17, 15) is 22.8 Å². The summed E-state index contributed by atoms with van der Waals surface area (Å²) in [5.74, 6) is 0.118. The SMILES string of the molecule is CCc1cc([C@@H](C)N(C)C(=O)N2CCN3C(=O)CC[C@H]3[C@@H]2c2ccsc2C)cc(C(F)(F)F)c1. The summed E-state index contributed by atoms with van der Waals surface area (Å²) < 4.78 is 40.4. The number of nitrogens with zero attached hydrogens (tertiary/aromatic N) is 3. The lowest BCUT2D eigenvalue weighted by molar-refractivity contribution is -0.137. The summed E-state index contributed by atoms with van der Waals surface area (Å²) in [6, 6.07) is 4.94. The van der Waals surface area contributed by atoms with E-state index in [4.69, 9.17) is 0 Å². The standard InChI is InChI=1S/C25H30F3N3O2S/c1-5-17-12-18(14-19(13-17)25(26,27)28)15(2)29(4)24(33)31-10-9-30-21(6-7-22(30)32)23(31)20-8-11-34-16(20)3/h8,11-15,21,23H,5-7,9-10H2,1-4H3/t15-,21+,23+/m1/s1. The van der Waals surface area contributed by atoms with Crippen LogP contribution in [0.3, 0.4) is 0 Å². The molecule has 4 rings (SSSR count). The number of thiophene rings is 1. The van der Waals surface area contributed by atoms with Gasteiger partial charge in [-0.3, -0.25) is 4.79 Å². The number of hydrogen-bond donors (Lipinski definition) is 0. The molecular formula is C25H30F3N3O2S. The highest BCUT2D eigenvalue weighted by molar-refractivity contribution is 7.10. The van der Waals surface area contributed by atoms with Crippen molar-refractivity contribution in [2.24, 2.45) is 0 Å². The van der Waals surface area contributed by atoms with Crippen molar-refractivity contribution < 1.29 is 22.8 Å². The quantitative estimate of drug-likeness (QED) is 0.541. The van der Waals surface area contributed by atoms with Crippen LogP contribution in [0.4, 0.5) is 18.0 Å². The van der Waals surface area contributed by atoms with Gasteiger partial charge in [0.2, 0.25) is 5.91 Å². The number of benzene rings is 1. The van der Waals surface area contributed by atoms with Gasteiger partial charge in [-0.25, -0.2) is 4.79 Å². The van der Waals surface area contributed by atoms with Crippen molar-refractivity contribution in [3.8, 4) is 0 Å². The van der Waals surface area contributed by atoms with Crippen LogP contribution in [0.15, 0.2) is 29.6 Å². The van der Waals surface area contributed by atoms with Crippen molar-refractivity contribution >= 4 is 23.3 Å². The monoisotopic (exact) mass is 493 g/mol. The third kappa shape index (κ3) is 4.42. The van der Waals surface area contributed by atoms with E-state index < -0.39 is 17.8 Å². The molecule has 0 spiro atoms. The average Bonchev–Trinajstić information content (AvgIpc) is 3.41. The van der Waals surface area contributed by atoms with E-state index in [0.29, 0.717) is 43.5 Å². The molecule has 0 saturated carbocycles. The molecule has 2 fully saturated rings. The van der Waals surface area contributed by atoms with E-state index in [1.807, 2.05) is 30.2 Å². The fraction of sp³-hybridized carbons (Fsp3) is 0.520. The number of fused-ring (bicyclic) bond motifs is 1. The zero-order valence-corrected chi connectivity index (χ0v) is 20.7. The molecule has 9 heteroatoms. The van der Waals surface area contributed by atoms with Crippen molar-refractivity contribution in [3.05, 3.63) is 56.8 Å². The third-order valence-electron chi connectivity index (χ3n) is 7.24. The molecule has 2 saturated heterocycles. The van der Waals surface area contributed by atoms with Gasteiger partial charge in [0.25, 0.3) is 0 Å². The minimum atomic E-state index is -4.45. The Hall–Kier alpha value is -2.55. The molecule has 0 N–H and O–H groups in total. The van der Waals surface area contributed by atoms with E-state index in [-0.39, 0.29) is 24.0 Å². The van der Waals surface area contributed by atoms with Gasteiger partial charge in [-0.2, -0.15) is 13.2 Å². The molecular weight excluding hydrogens is 463 g/mol. The molecule has 2 aliphatic rings. The molecule has 0 aliphatic carbocycles. The Morgan fingerprint density at radius 1 is 1.26 bits per heavy atom. The molecule has 0 bridgehead atoms. The third-order valence-corrected chi connectivity index (χ3v) is 8.10. The van der Waals surface area contributed by atoms with E-state index >= 15 is 0 Å². The summed E-state index contributed by atoms with van der Waals surface area (Å²) in [6.07, 6.45) is -2.81. The molecule has 0 radical (unpaired) electrons. The summed E-state index contributed by atoms with van der Waals surface area (Å²) in [6.45, 7) is 6.45. The Labute approximate surface area is 202 Å². The van der Waals surface area contributed by atoms with Crippen molar-refractivity contribution in [2.75, 3.05) is 20.1 Å². The van der Waals surface area contributed by atoms with Crippen molar-refractivity contribution in [1.82, 2.24) is 14.7 Å². The number of halogens is 3. The second-order valence-electron chi connectivity index (χ2n) is 9.15. The first-order valence-corrected chi connectivity index (χ1v) is 12.5. The summed E-state index contributed by atoms with van der Waals surface area (Å²) >= 11 is 1.60. The van der Waals surface area contributed by atoms with Crippen LogP contribution in [-0.2, 0) is 17.4 Å². The number of carbonyl (C=O) groups excluding carboxylic acids is 2. The molecule has 3 atom stereocenters. The summed E-state index contributed by atoms with van der Waals surface area (Å²) in [5, 5.41) is 1.99. The topological polar surface area (TPSA) is 43.9 Å². The second-order valence-corrected chi connectivity index (χ2v) is 10.3. The Bertz CT molecular complexity index is 1080. The van der Waals surface area contributed by atoms with Gasteiger partial charge in [-0.15, -0.1) is 11.3 Å². The Kier molecular flexibility index (Phi) is 6.68. The van der Waals surface area contributed by atoms with E-state index in [1.54, 1.807) is 36.3 Å². The predicted octanol–water partition coefficient (Wildman–Crippen LogP) is 5.80. The molecule has 0 unspecified atom stereocenters. The van der Waals surface area contributed by atoms with Crippen LogP contribution in [0.1, 0.15) is 65.9 Å². The minimum absolute atomic E-state index is 0.0811.